The fourth-order valence-electron chi connectivity index (χ4n) is 2.50. The molecule has 0 amide bonds. The average molecular weight is 269 g/mol. The molecule has 2 atom stereocenters. The van der Waals surface area contributed by atoms with Crippen molar-refractivity contribution >= 4 is 0 Å². The SMILES string of the molecule is CCNC(c1c(OC)cnn1C)C(OC)C(C)(C)C. The minimum absolute atomic E-state index is 0.0108. The summed E-state index contributed by atoms with van der Waals surface area (Å²) in [6.07, 6.45) is 1.77. The van der Waals surface area contributed by atoms with Gasteiger partial charge in [0.2, 0.25) is 0 Å². The van der Waals surface area contributed by atoms with E-state index in [1.54, 1.807) is 20.4 Å². The maximum atomic E-state index is 5.75. The van der Waals surface area contributed by atoms with Crippen molar-refractivity contribution < 1.29 is 9.47 Å². The molecule has 19 heavy (non-hydrogen) atoms. The topological polar surface area (TPSA) is 48.3 Å². The number of methoxy groups -OCH3 is 2. The molecular weight excluding hydrogens is 242 g/mol. The van der Waals surface area contributed by atoms with Gasteiger partial charge in [0.1, 0.15) is 0 Å². The van der Waals surface area contributed by atoms with E-state index >= 15 is 0 Å². The lowest BCUT2D eigenvalue weighted by Crippen LogP contribution is -2.42. The zero-order chi connectivity index (χ0) is 14.6. The van der Waals surface area contributed by atoms with Gasteiger partial charge in [-0.15, -0.1) is 0 Å². The monoisotopic (exact) mass is 269 g/mol. The molecule has 1 aromatic heterocycles. The molecule has 0 aliphatic carbocycles. The molecule has 5 heteroatoms. The molecule has 2 unspecified atom stereocenters. The normalized spacial score (nSPS) is 15.3. The fraction of sp³-hybridized carbons (Fsp3) is 0.786. The lowest BCUT2D eigenvalue weighted by Gasteiger charge is -2.36. The standard InChI is InChI=1S/C14H27N3O2/c1-8-15-11(13(19-7)14(2,3)4)12-10(18-6)9-16-17(12)5/h9,11,13,15H,8H2,1-7H3. The van der Waals surface area contributed by atoms with Gasteiger partial charge >= 0.3 is 0 Å². The summed E-state index contributed by atoms with van der Waals surface area (Å²) in [6.45, 7) is 9.47. The van der Waals surface area contributed by atoms with Crippen molar-refractivity contribution in [3.8, 4) is 5.75 Å². The molecule has 0 aliphatic heterocycles. The zero-order valence-electron chi connectivity index (χ0n) is 13.2. The van der Waals surface area contributed by atoms with E-state index in [4.69, 9.17) is 9.47 Å². The van der Waals surface area contributed by atoms with Crippen LogP contribution in [0.15, 0.2) is 6.20 Å². The van der Waals surface area contributed by atoms with Crippen molar-refractivity contribution in [3.05, 3.63) is 11.9 Å². The van der Waals surface area contributed by atoms with Crippen LogP contribution in [0.1, 0.15) is 39.4 Å². The van der Waals surface area contributed by atoms with Crippen molar-refractivity contribution in [1.29, 1.82) is 0 Å². The summed E-state index contributed by atoms with van der Waals surface area (Å²) in [6, 6.07) is 0.0393. The highest BCUT2D eigenvalue weighted by Crippen LogP contribution is 2.35. The zero-order valence-corrected chi connectivity index (χ0v) is 13.2. The Balaban J connectivity index is 3.22. The van der Waals surface area contributed by atoms with Gasteiger partial charge in [0.05, 0.1) is 31.1 Å². The van der Waals surface area contributed by atoms with Gasteiger partial charge in [-0.2, -0.15) is 5.10 Å². The number of ether oxygens (including phenoxy) is 2. The Morgan fingerprint density at radius 1 is 1.37 bits per heavy atom. The van der Waals surface area contributed by atoms with E-state index in [1.807, 2.05) is 11.7 Å². The Morgan fingerprint density at radius 2 is 2.00 bits per heavy atom. The number of aromatic nitrogens is 2. The van der Waals surface area contributed by atoms with Crippen LogP contribution in [0.25, 0.3) is 0 Å². The molecule has 1 rings (SSSR count). The highest BCUT2D eigenvalue weighted by atomic mass is 16.5. The largest absolute Gasteiger partial charge is 0.493 e. The Bertz CT molecular complexity index is 396. The first-order chi connectivity index (χ1) is 8.86. The quantitative estimate of drug-likeness (QED) is 0.859. The summed E-state index contributed by atoms with van der Waals surface area (Å²) >= 11 is 0. The molecule has 0 saturated carbocycles. The van der Waals surface area contributed by atoms with Crippen LogP contribution >= 0.6 is 0 Å². The molecular formula is C14H27N3O2. The van der Waals surface area contributed by atoms with Crippen LogP contribution in [0, 0.1) is 5.41 Å². The van der Waals surface area contributed by atoms with Crippen LogP contribution in [-0.4, -0.2) is 36.6 Å². The maximum Gasteiger partial charge on any atom is 0.161 e. The number of likely N-dealkylation sites (N-methyl/N-ethyl adjacent to an activating group) is 1. The van der Waals surface area contributed by atoms with Gasteiger partial charge in [0.25, 0.3) is 0 Å². The van der Waals surface area contributed by atoms with Crippen molar-refractivity contribution in [1.82, 2.24) is 15.1 Å². The van der Waals surface area contributed by atoms with Gasteiger partial charge in [-0.1, -0.05) is 27.7 Å². The lowest BCUT2D eigenvalue weighted by atomic mass is 9.83. The third-order valence-electron chi connectivity index (χ3n) is 3.30. The second kappa shape index (κ2) is 6.39. The van der Waals surface area contributed by atoms with Crippen molar-refractivity contribution in [3.63, 3.8) is 0 Å². The predicted octanol–water partition coefficient (Wildman–Crippen LogP) is 2.14. The third-order valence-corrected chi connectivity index (χ3v) is 3.30. The molecule has 0 saturated heterocycles. The van der Waals surface area contributed by atoms with Gasteiger partial charge in [-0.3, -0.25) is 4.68 Å². The van der Waals surface area contributed by atoms with E-state index in [-0.39, 0.29) is 17.6 Å². The number of nitrogens with zero attached hydrogens (tertiary/aromatic N) is 2. The van der Waals surface area contributed by atoms with E-state index < -0.39 is 0 Å². The molecule has 110 valence electrons. The summed E-state index contributed by atoms with van der Waals surface area (Å²) in [7, 11) is 5.35. The minimum Gasteiger partial charge on any atom is -0.493 e. The first-order valence-corrected chi connectivity index (χ1v) is 6.68. The molecule has 0 aromatic carbocycles. The summed E-state index contributed by atoms with van der Waals surface area (Å²) in [5.41, 5.74) is 1.03. The van der Waals surface area contributed by atoms with Crippen molar-refractivity contribution in [2.24, 2.45) is 12.5 Å². The molecule has 1 aromatic rings. The summed E-state index contributed by atoms with van der Waals surface area (Å²) in [4.78, 5) is 0. The van der Waals surface area contributed by atoms with Gasteiger partial charge < -0.3 is 14.8 Å². The van der Waals surface area contributed by atoms with Gasteiger partial charge in [-0.25, -0.2) is 0 Å². The maximum absolute atomic E-state index is 5.75. The van der Waals surface area contributed by atoms with E-state index in [0.29, 0.717) is 0 Å². The van der Waals surface area contributed by atoms with Gasteiger partial charge in [-0.05, 0) is 12.0 Å². The van der Waals surface area contributed by atoms with E-state index in [0.717, 1.165) is 18.0 Å². The van der Waals surface area contributed by atoms with Crippen LogP contribution in [0.2, 0.25) is 0 Å². The summed E-state index contributed by atoms with van der Waals surface area (Å²) in [5.74, 6) is 0.791. The van der Waals surface area contributed by atoms with E-state index in [1.165, 1.54) is 0 Å². The van der Waals surface area contributed by atoms with Gasteiger partial charge in [0.15, 0.2) is 5.75 Å². The second-order valence-corrected chi connectivity index (χ2v) is 5.78. The van der Waals surface area contributed by atoms with Crippen LogP contribution in [-0.2, 0) is 11.8 Å². The number of aryl methyl sites for hydroxylation is 1. The van der Waals surface area contributed by atoms with Crippen molar-refractivity contribution in [2.45, 2.75) is 39.8 Å². The summed E-state index contributed by atoms with van der Waals surface area (Å²) in [5, 5.41) is 7.78. The minimum atomic E-state index is 0.0108. The molecule has 5 nitrogen and oxygen atoms in total. The first-order valence-electron chi connectivity index (χ1n) is 6.68. The average Bonchev–Trinajstić information content (AvgIpc) is 2.68. The molecule has 1 N–H and O–H groups in total. The molecule has 0 fully saturated rings. The molecule has 0 aliphatic rings. The van der Waals surface area contributed by atoms with Crippen LogP contribution in [0.3, 0.4) is 0 Å². The third kappa shape index (κ3) is 3.48. The summed E-state index contributed by atoms with van der Waals surface area (Å²) < 4.78 is 13.0. The van der Waals surface area contributed by atoms with Crippen LogP contribution in [0.4, 0.5) is 0 Å². The Hall–Kier alpha value is -1.07. The molecule has 1 heterocycles. The van der Waals surface area contributed by atoms with Crippen molar-refractivity contribution in [2.75, 3.05) is 20.8 Å². The van der Waals surface area contributed by atoms with Crippen LogP contribution < -0.4 is 10.1 Å². The highest BCUT2D eigenvalue weighted by Gasteiger charge is 2.36. The van der Waals surface area contributed by atoms with E-state index in [9.17, 15) is 0 Å². The smallest absolute Gasteiger partial charge is 0.161 e. The number of hydrogen-bond acceptors (Lipinski definition) is 4. The van der Waals surface area contributed by atoms with E-state index in [2.05, 4.69) is 38.1 Å². The van der Waals surface area contributed by atoms with Gasteiger partial charge in [0, 0.05) is 14.2 Å². The highest BCUT2D eigenvalue weighted by molar-refractivity contribution is 5.29. The predicted molar refractivity (Wildman–Crippen MR) is 76.4 cm³/mol. The molecule has 0 radical (unpaired) electrons. The molecule has 0 spiro atoms. The molecule has 0 bridgehead atoms. The van der Waals surface area contributed by atoms with Crippen LogP contribution in [0.5, 0.6) is 5.75 Å². The Kier molecular flexibility index (Phi) is 5.38. The second-order valence-electron chi connectivity index (χ2n) is 5.78. The Morgan fingerprint density at radius 3 is 2.42 bits per heavy atom. The number of hydrogen-bond donors (Lipinski definition) is 1. The number of nitrogens with one attached hydrogen (secondary N) is 1. The lowest BCUT2D eigenvalue weighted by molar-refractivity contribution is -0.0139. The number of rotatable bonds is 6. The fourth-order valence-corrected chi connectivity index (χ4v) is 2.50. The first kappa shape index (κ1) is 16.0. The Labute approximate surface area is 116 Å².